The third-order valence-corrected chi connectivity index (χ3v) is 2.81. The van der Waals surface area contributed by atoms with E-state index in [1.165, 1.54) is 25.0 Å². The van der Waals surface area contributed by atoms with Crippen LogP contribution in [0.5, 0.6) is 0 Å². The molecule has 2 aliphatic rings. The number of nitrogens with zero attached hydrogens (tertiary/aromatic N) is 2. The first kappa shape index (κ1) is 6.35. The maximum absolute atomic E-state index is 4.39. The largest absolute Gasteiger partial charge is 0.257 e. The lowest BCUT2D eigenvalue weighted by Gasteiger charge is -2.04. The highest BCUT2D eigenvalue weighted by molar-refractivity contribution is 5.62. The second-order valence-corrected chi connectivity index (χ2v) is 3.49. The van der Waals surface area contributed by atoms with Gasteiger partial charge in [0.15, 0.2) is 0 Å². The van der Waals surface area contributed by atoms with Gasteiger partial charge in [-0.2, -0.15) is 0 Å². The van der Waals surface area contributed by atoms with E-state index in [0.717, 1.165) is 5.69 Å². The maximum atomic E-state index is 4.39. The van der Waals surface area contributed by atoms with Crippen LogP contribution in [-0.2, 0) is 0 Å². The zero-order chi connectivity index (χ0) is 7.97. The SMILES string of the molecule is C1=C2CCCC2c2nccnc21. The molecule has 0 aliphatic heterocycles. The van der Waals surface area contributed by atoms with Crippen molar-refractivity contribution in [3.05, 3.63) is 29.4 Å². The van der Waals surface area contributed by atoms with Gasteiger partial charge in [-0.25, -0.2) is 0 Å². The number of hydrogen-bond acceptors (Lipinski definition) is 2. The molecule has 60 valence electrons. The molecule has 1 heterocycles. The van der Waals surface area contributed by atoms with Crippen LogP contribution in [0.2, 0.25) is 0 Å². The average Bonchev–Trinajstić information content (AvgIpc) is 2.62. The zero-order valence-electron chi connectivity index (χ0n) is 6.83. The van der Waals surface area contributed by atoms with Gasteiger partial charge in [0.05, 0.1) is 11.4 Å². The molecule has 0 amide bonds. The number of hydrogen-bond donors (Lipinski definition) is 0. The second kappa shape index (κ2) is 2.16. The number of fused-ring (bicyclic) bond motifs is 3. The lowest BCUT2D eigenvalue weighted by Crippen LogP contribution is -1.96. The van der Waals surface area contributed by atoms with Gasteiger partial charge >= 0.3 is 0 Å². The van der Waals surface area contributed by atoms with Crippen molar-refractivity contribution < 1.29 is 0 Å². The highest BCUT2D eigenvalue weighted by Gasteiger charge is 2.30. The summed E-state index contributed by atoms with van der Waals surface area (Å²) >= 11 is 0. The van der Waals surface area contributed by atoms with Gasteiger partial charge < -0.3 is 0 Å². The van der Waals surface area contributed by atoms with Crippen LogP contribution in [0.4, 0.5) is 0 Å². The number of allylic oxidation sites excluding steroid dienone is 1. The van der Waals surface area contributed by atoms with E-state index < -0.39 is 0 Å². The summed E-state index contributed by atoms with van der Waals surface area (Å²) in [6.07, 6.45) is 9.65. The van der Waals surface area contributed by atoms with E-state index in [2.05, 4.69) is 16.0 Å². The summed E-state index contributed by atoms with van der Waals surface area (Å²) in [5.41, 5.74) is 3.87. The summed E-state index contributed by atoms with van der Waals surface area (Å²) in [6, 6.07) is 0. The third kappa shape index (κ3) is 0.697. The molecule has 1 fully saturated rings. The molecule has 0 N–H and O–H groups in total. The molecule has 0 aromatic carbocycles. The van der Waals surface area contributed by atoms with Crippen molar-refractivity contribution in [1.29, 1.82) is 0 Å². The van der Waals surface area contributed by atoms with Crippen molar-refractivity contribution in [2.45, 2.75) is 25.2 Å². The number of rotatable bonds is 0. The number of aromatic nitrogens is 2. The molecule has 2 aliphatic carbocycles. The van der Waals surface area contributed by atoms with E-state index in [1.54, 1.807) is 18.0 Å². The first-order valence-corrected chi connectivity index (χ1v) is 4.46. The molecule has 1 aromatic heterocycles. The molecule has 2 heteroatoms. The molecule has 0 radical (unpaired) electrons. The fourth-order valence-corrected chi connectivity index (χ4v) is 2.27. The molecule has 0 saturated heterocycles. The Morgan fingerprint density at radius 2 is 2.17 bits per heavy atom. The minimum atomic E-state index is 0.619. The monoisotopic (exact) mass is 158 g/mol. The molecule has 1 atom stereocenters. The van der Waals surface area contributed by atoms with Crippen molar-refractivity contribution in [3.63, 3.8) is 0 Å². The topological polar surface area (TPSA) is 25.8 Å². The summed E-state index contributed by atoms with van der Waals surface area (Å²) in [5.74, 6) is 0.619. The van der Waals surface area contributed by atoms with E-state index >= 15 is 0 Å². The van der Waals surface area contributed by atoms with E-state index in [0.29, 0.717) is 5.92 Å². The molecule has 2 nitrogen and oxygen atoms in total. The lowest BCUT2D eigenvalue weighted by atomic mass is 10.0. The Labute approximate surface area is 71.4 Å². The van der Waals surface area contributed by atoms with E-state index in [9.17, 15) is 0 Å². The Hall–Kier alpha value is -1.18. The van der Waals surface area contributed by atoms with Gasteiger partial charge in [0, 0.05) is 18.3 Å². The van der Waals surface area contributed by atoms with Gasteiger partial charge in [0.1, 0.15) is 0 Å². The van der Waals surface area contributed by atoms with Crippen LogP contribution in [0.15, 0.2) is 18.0 Å². The lowest BCUT2D eigenvalue weighted by molar-refractivity contribution is 0.769. The summed E-state index contributed by atoms with van der Waals surface area (Å²) < 4.78 is 0. The van der Waals surface area contributed by atoms with Gasteiger partial charge in [0.2, 0.25) is 0 Å². The van der Waals surface area contributed by atoms with Gasteiger partial charge in [-0.3, -0.25) is 9.97 Å². The second-order valence-electron chi connectivity index (χ2n) is 3.49. The Balaban J connectivity index is 2.18. The fraction of sp³-hybridized carbons (Fsp3) is 0.400. The third-order valence-electron chi connectivity index (χ3n) is 2.81. The summed E-state index contributed by atoms with van der Waals surface area (Å²) in [7, 11) is 0. The predicted molar refractivity (Wildman–Crippen MR) is 46.6 cm³/mol. The standard InChI is InChI=1S/C10H10N2/c1-2-7-6-9-10(8(7)3-1)12-5-4-11-9/h4-6,8H,1-3H2. The van der Waals surface area contributed by atoms with Crippen LogP contribution in [0.1, 0.15) is 36.6 Å². The maximum Gasteiger partial charge on any atom is 0.0851 e. The van der Waals surface area contributed by atoms with Crippen LogP contribution in [0, 0.1) is 0 Å². The molecule has 1 saturated carbocycles. The highest BCUT2D eigenvalue weighted by atomic mass is 14.8. The van der Waals surface area contributed by atoms with Crippen molar-refractivity contribution in [2.75, 3.05) is 0 Å². The van der Waals surface area contributed by atoms with Crippen molar-refractivity contribution in [2.24, 2.45) is 0 Å². The molecule has 1 unspecified atom stereocenters. The molecular weight excluding hydrogens is 148 g/mol. The molecule has 0 spiro atoms. The van der Waals surface area contributed by atoms with E-state index in [4.69, 9.17) is 0 Å². The first-order chi connectivity index (χ1) is 5.95. The highest BCUT2D eigenvalue weighted by Crippen LogP contribution is 2.44. The molecule has 3 rings (SSSR count). The molecule has 0 bridgehead atoms. The van der Waals surface area contributed by atoms with Gasteiger partial charge in [-0.1, -0.05) is 5.57 Å². The van der Waals surface area contributed by atoms with Crippen LogP contribution in [-0.4, -0.2) is 9.97 Å². The minimum Gasteiger partial charge on any atom is -0.257 e. The average molecular weight is 158 g/mol. The van der Waals surface area contributed by atoms with Gasteiger partial charge in [0.25, 0.3) is 0 Å². The van der Waals surface area contributed by atoms with Gasteiger partial charge in [-0.15, -0.1) is 0 Å². The summed E-state index contributed by atoms with van der Waals surface area (Å²) in [4.78, 5) is 8.69. The first-order valence-electron chi connectivity index (χ1n) is 4.46. The van der Waals surface area contributed by atoms with E-state index in [-0.39, 0.29) is 0 Å². The molecule has 12 heavy (non-hydrogen) atoms. The fourth-order valence-electron chi connectivity index (χ4n) is 2.27. The summed E-state index contributed by atoms with van der Waals surface area (Å²) in [5, 5.41) is 0. The Morgan fingerprint density at radius 1 is 1.25 bits per heavy atom. The van der Waals surface area contributed by atoms with Gasteiger partial charge in [-0.05, 0) is 25.3 Å². The van der Waals surface area contributed by atoms with Crippen molar-refractivity contribution >= 4 is 6.08 Å². The minimum absolute atomic E-state index is 0.619. The van der Waals surface area contributed by atoms with E-state index in [1.807, 2.05) is 0 Å². The van der Waals surface area contributed by atoms with Crippen LogP contribution >= 0.6 is 0 Å². The normalized spacial score (nSPS) is 25.0. The smallest absolute Gasteiger partial charge is 0.0851 e. The molecular formula is C10H10N2. The van der Waals surface area contributed by atoms with Crippen LogP contribution in [0.3, 0.4) is 0 Å². The van der Waals surface area contributed by atoms with Crippen molar-refractivity contribution in [1.82, 2.24) is 9.97 Å². The van der Waals surface area contributed by atoms with Crippen LogP contribution < -0.4 is 0 Å². The summed E-state index contributed by atoms with van der Waals surface area (Å²) in [6.45, 7) is 0. The van der Waals surface area contributed by atoms with Crippen molar-refractivity contribution in [3.8, 4) is 0 Å². The Morgan fingerprint density at radius 3 is 3.17 bits per heavy atom. The zero-order valence-corrected chi connectivity index (χ0v) is 6.83. The van der Waals surface area contributed by atoms with Crippen LogP contribution in [0.25, 0.3) is 6.08 Å². The molecule has 1 aromatic rings. The Bertz CT molecular complexity index is 355. The quantitative estimate of drug-likeness (QED) is 0.578. The Kier molecular flexibility index (Phi) is 1.14. The predicted octanol–water partition coefficient (Wildman–Crippen LogP) is 2.14.